The minimum Gasteiger partial charge on any atom is -0.493 e. The van der Waals surface area contributed by atoms with Gasteiger partial charge < -0.3 is 28.6 Å². The molecule has 0 radical (unpaired) electrons. The molecule has 3 heterocycles. The largest absolute Gasteiger partial charge is 0.493 e. The number of methoxy groups -OCH3 is 1. The number of allylic oxidation sites excluding steroid dienone is 2. The first-order chi connectivity index (χ1) is 22.6. The zero-order valence-corrected chi connectivity index (χ0v) is 29.6. The zero-order chi connectivity index (χ0) is 32.7. The van der Waals surface area contributed by atoms with Gasteiger partial charge in [-0.15, -0.1) is 0 Å². The van der Waals surface area contributed by atoms with Crippen molar-refractivity contribution in [3.63, 3.8) is 0 Å². The van der Waals surface area contributed by atoms with E-state index >= 15 is 0 Å². The van der Waals surface area contributed by atoms with Gasteiger partial charge in [-0.3, -0.25) is 0 Å². The second kappa shape index (κ2) is 11.5. The van der Waals surface area contributed by atoms with Gasteiger partial charge in [0.25, 0.3) is 0 Å². The number of rotatable bonds is 7. The van der Waals surface area contributed by atoms with Gasteiger partial charge in [0.2, 0.25) is 0 Å². The lowest BCUT2D eigenvalue weighted by atomic mass is 9.53. The number of likely N-dealkylation sites (tertiary alicyclic amines) is 1. The van der Waals surface area contributed by atoms with Crippen LogP contribution in [-0.4, -0.2) is 54.7 Å². The maximum absolute atomic E-state index is 6.87. The highest BCUT2D eigenvalue weighted by atomic mass is 32.1. The van der Waals surface area contributed by atoms with Crippen LogP contribution in [0, 0.1) is 11.8 Å². The van der Waals surface area contributed by atoms with Gasteiger partial charge in [-0.1, -0.05) is 43.6 Å². The lowest BCUT2D eigenvalue weighted by Crippen LogP contribution is -2.65. The van der Waals surface area contributed by atoms with Crippen molar-refractivity contribution in [1.29, 1.82) is 0 Å². The number of benzene rings is 2. The average Bonchev–Trinajstić information content (AvgIpc) is 3.38. The van der Waals surface area contributed by atoms with Crippen LogP contribution in [0.1, 0.15) is 94.4 Å². The molecule has 7 heteroatoms. The minimum atomic E-state index is -0.376. The fourth-order valence-corrected chi connectivity index (χ4v) is 10.4. The average molecular weight is 656 g/mol. The second-order valence-corrected chi connectivity index (χ2v) is 15.7. The van der Waals surface area contributed by atoms with E-state index in [1.807, 2.05) is 6.07 Å². The highest BCUT2D eigenvalue weighted by molar-refractivity contribution is 7.79. The maximum Gasteiger partial charge on any atom is 0.358 e. The summed E-state index contributed by atoms with van der Waals surface area (Å²) in [5, 5.41) is 0.113. The first-order valence-corrected chi connectivity index (χ1v) is 18.2. The number of piperidine rings is 1. The highest BCUT2D eigenvalue weighted by Crippen LogP contribution is 2.63. The Hall–Kier alpha value is -3.03. The molecule has 2 unspecified atom stereocenters. The molecule has 6 aliphatic rings. The maximum atomic E-state index is 6.87. The summed E-state index contributed by atoms with van der Waals surface area (Å²) in [6.07, 6.45) is 15.2. The first kappa shape index (κ1) is 31.3. The van der Waals surface area contributed by atoms with E-state index in [0.717, 1.165) is 62.3 Å². The van der Waals surface area contributed by atoms with Crippen LogP contribution in [0.25, 0.3) is 0 Å². The number of nitrogens with zero attached hydrogens (tertiary/aromatic N) is 1. The van der Waals surface area contributed by atoms with Crippen molar-refractivity contribution in [3.05, 3.63) is 70.3 Å². The lowest BCUT2D eigenvalue weighted by molar-refractivity contribution is -0.0446. The number of ether oxygens (including phenoxy) is 5. The molecule has 0 amide bonds. The number of aryl methyl sites for hydroxylation is 1. The summed E-state index contributed by atoms with van der Waals surface area (Å²) in [5.74, 6) is 4.42. The van der Waals surface area contributed by atoms with Crippen LogP contribution >= 0.6 is 12.2 Å². The number of thiocarbonyl (C=S) groups is 1. The Morgan fingerprint density at radius 1 is 1.15 bits per heavy atom. The molecule has 2 bridgehead atoms. The van der Waals surface area contributed by atoms with Crippen molar-refractivity contribution in [2.24, 2.45) is 11.8 Å². The number of fused-ring (bicyclic) bond motifs is 3. The Labute approximate surface area is 285 Å². The van der Waals surface area contributed by atoms with E-state index in [4.69, 9.17) is 35.9 Å². The molecule has 1 saturated heterocycles. The SMILES string of the molecule is CCCCCc1cc(OC(=S)O[C@H]2C=C[C@H]3C4Cc5ccc(OC)c6c5C3(CCN4C)[C@H]2O6)cc2c1[C@@H]1C=C(C)CC[C@H]1C(C)(C)O2. The molecule has 0 saturated carbocycles. The van der Waals surface area contributed by atoms with Crippen LogP contribution in [0.4, 0.5) is 0 Å². The summed E-state index contributed by atoms with van der Waals surface area (Å²) in [6, 6.07) is 8.94. The van der Waals surface area contributed by atoms with Gasteiger partial charge in [-0.2, -0.15) is 0 Å². The number of likely N-dealkylation sites (N-methyl/N-ethyl adjacent to an activating group) is 1. The molecule has 3 aliphatic carbocycles. The van der Waals surface area contributed by atoms with Crippen LogP contribution in [0.15, 0.2) is 48.1 Å². The van der Waals surface area contributed by atoms with Crippen molar-refractivity contribution in [3.8, 4) is 23.0 Å². The summed E-state index contributed by atoms with van der Waals surface area (Å²) in [4.78, 5) is 2.52. The van der Waals surface area contributed by atoms with Gasteiger partial charge in [0, 0.05) is 58.6 Å². The molecule has 3 aliphatic heterocycles. The topological polar surface area (TPSA) is 49.4 Å². The minimum absolute atomic E-state index is 0.113. The predicted octanol–water partition coefficient (Wildman–Crippen LogP) is 8.23. The predicted molar refractivity (Wildman–Crippen MR) is 188 cm³/mol. The Bertz CT molecular complexity index is 1660. The Morgan fingerprint density at radius 2 is 2.00 bits per heavy atom. The van der Waals surface area contributed by atoms with E-state index in [1.54, 1.807) is 7.11 Å². The van der Waals surface area contributed by atoms with Crippen molar-refractivity contribution < 1.29 is 23.7 Å². The highest BCUT2D eigenvalue weighted by Gasteiger charge is 2.65. The lowest BCUT2D eigenvalue weighted by Gasteiger charge is -2.56. The van der Waals surface area contributed by atoms with Crippen LogP contribution in [0.2, 0.25) is 0 Å². The van der Waals surface area contributed by atoms with Crippen molar-refractivity contribution >= 4 is 17.5 Å². The molecule has 7 atom stereocenters. The second-order valence-electron chi connectivity index (χ2n) is 15.4. The third kappa shape index (κ3) is 4.85. The molecular weight excluding hydrogens is 607 g/mol. The van der Waals surface area contributed by atoms with E-state index in [0.29, 0.717) is 29.5 Å². The molecule has 0 aromatic heterocycles. The van der Waals surface area contributed by atoms with Gasteiger partial charge in [0.05, 0.1) is 7.11 Å². The first-order valence-electron chi connectivity index (χ1n) is 17.8. The Kier molecular flexibility index (Phi) is 7.68. The number of hydrogen-bond donors (Lipinski definition) is 0. The fourth-order valence-electron chi connectivity index (χ4n) is 10.1. The van der Waals surface area contributed by atoms with Crippen LogP contribution in [0.3, 0.4) is 0 Å². The molecule has 0 N–H and O–H groups in total. The van der Waals surface area contributed by atoms with E-state index < -0.39 is 0 Å². The number of hydrogen-bond acceptors (Lipinski definition) is 7. The van der Waals surface area contributed by atoms with Gasteiger partial charge in [0.1, 0.15) is 23.2 Å². The molecular formula is C40H49NO5S. The molecule has 1 fully saturated rings. The van der Waals surface area contributed by atoms with E-state index in [2.05, 4.69) is 76.1 Å². The van der Waals surface area contributed by atoms with Gasteiger partial charge in [0.15, 0.2) is 17.6 Å². The van der Waals surface area contributed by atoms with E-state index in [1.165, 1.54) is 40.7 Å². The molecule has 1 spiro atoms. The standard InChI is InChI=1S/C40H49NO5S/c1-7-8-9-10-24-20-26(22-33-34(24)27-19-23(2)11-13-28(27)39(3,4)46-33)43-38(47)44-32-16-14-29-30-21-25-12-15-31(42-6)36-35(25)40(29,37(32)45-36)17-18-41(30)5/h12,14-16,19-20,22,27-30,32,37H,7-11,13,17-18,21H2,1-6H3/t27-,28-,29+,30?,32+,37+,40?/m1/s1. The van der Waals surface area contributed by atoms with Crippen LogP contribution < -0.4 is 18.9 Å². The smallest absolute Gasteiger partial charge is 0.358 e. The third-order valence-corrected chi connectivity index (χ3v) is 12.5. The Balaban J connectivity index is 1.10. The van der Waals surface area contributed by atoms with Crippen molar-refractivity contribution in [1.82, 2.24) is 4.90 Å². The normalized spacial score (nSPS) is 32.2. The van der Waals surface area contributed by atoms with Crippen molar-refractivity contribution in [2.75, 3.05) is 20.7 Å². The van der Waals surface area contributed by atoms with Gasteiger partial charge in [-0.05, 0) is 102 Å². The molecule has 2 aromatic carbocycles. The van der Waals surface area contributed by atoms with Crippen LogP contribution in [0.5, 0.6) is 23.0 Å². The van der Waals surface area contributed by atoms with Gasteiger partial charge in [-0.25, -0.2) is 0 Å². The van der Waals surface area contributed by atoms with E-state index in [9.17, 15) is 0 Å². The monoisotopic (exact) mass is 655 g/mol. The summed E-state index contributed by atoms with van der Waals surface area (Å²) < 4.78 is 32.4. The van der Waals surface area contributed by atoms with Crippen molar-refractivity contribution in [2.45, 2.75) is 114 Å². The summed E-state index contributed by atoms with van der Waals surface area (Å²) >= 11 is 5.85. The molecule has 47 heavy (non-hydrogen) atoms. The summed E-state index contributed by atoms with van der Waals surface area (Å²) in [6.45, 7) is 10.0. The molecule has 8 rings (SSSR count). The third-order valence-electron chi connectivity index (χ3n) is 12.4. The van der Waals surface area contributed by atoms with Gasteiger partial charge >= 0.3 is 5.24 Å². The fraction of sp³-hybridized carbons (Fsp3) is 0.575. The molecule has 6 nitrogen and oxygen atoms in total. The zero-order valence-electron chi connectivity index (χ0n) is 28.8. The van der Waals surface area contributed by atoms with Crippen LogP contribution in [-0.2, 0) is 23.0 Å². The number of unbranched alkanes of at least 4 members (excludes halogenated alkanes) is 2. The summed E-state index contributed by atoms with van der Waals surface area (Å²) in [7, 11) is 3.98. The quantitative estimate of drug-likeness (QED) is 0.169. The Morgan fingerprint density at radius 3 is 2.81 bits per heavy atom. The molecule has 250 valence electrons. The summed E-state index contributed by atoms with van der Waals surface area (Å²) in [5.41, 5.74) is 6.34. The van der Waals surface area contributed by atoms with E-state index in [-0.39, 0.29) is 28.5 Å². The molecule has 2 aromatic rings.